The molecule has 0 unspecified atom stereocenters. The molecule has 21 heavy (non-hydrogen) atoms. The molecule has 2 rings (SSSR count). The van der Waals surface area contributed by atoms with Gasteiger partial charge in [0.1, 0.15) is 5.69 Å². The molecule has 0 atom stereocenters. The van der Waals surface area contributed by atoms with Crippen LogP contribution in [0.15, 0.2) is 24.3 Å². The van der Waals surface area contributed by atoms with Gasteiger partial charge in [-0.05, 0) is 31.5 Å². The zero-order chi connectivity index (χ0) is 15.4. The van der Waals surface area contributed by atoms with Gasteiger partial charge in [-0.25, -0.2) is 0 Å². The zero-order valence-corrected chi connectivity index (χ0v) is 13.1. The number of carbonyl (C=O) groups is 1. The summed E-state index contributed by atoms with van der Waals surface area (Å²) < 4.78 is 6.69. The molecule has 5 nitrogen and oxygen atoms in total. The number of nitrogens with one attached hydrogen (secondary N) is 1. The molecule has 2 aromatic rings. The van der Waals surface area contributed by atoms with Crippen LogP contribution >= 0.6 is 11.6 Å². The Labute approximate surface area is 128 Å². The number of rotatable bonds is 5. The second-order valence-electron chi connectivity index (χ2n) is 4.65. The third-order valence-corrected chi connectivity index (χ3v) is 3.52. The Balaban J connectivity index is 2.24. The summed E-state index contributed by atoms with van der Waals surface area (Å²) in [5.41, 5.74) is 2.72. The molecule has 1 amide bonds. The first kappa shape index (κ1) is 15.5. The molecule has 0 aliphatic heterocycles. The van der Waals surface area contributed by atoms with Gasteiger partial charge in [-0.1, -0.05) is 23.7 Å². The van der Waals surface area contributed by atoms with Crippen LogP contribution in [0.4, 0.5) is 5.69 Å². The lowest BCUT2D eigenvalue weighted by molar-refractivity contribution is 0.101. The maximum absolute atomic E-state index is 12.4. The van der Waals surface area contributed by atoms with Crippen LogP contribution in [0.1, 0.15) is 28.7 Å². The summed E-state index contributed by atoms with van der Waals surface area (Å²) in [6.07, 6.45) is 0. The molecule has 0 spiro atoms. The minimum Gasteiger partial charge on any atom is -0.380 e. The first-order valence-electron chi connectivity index (χ1n) is 6.69. The molecule has 0 aliphatic rings. The minimum absolute atomic E-state index is 0.267. The summed E-state index contributed by atoms with van der Waals surface area (Å²) in [4.78, 5) is 12.4. The second-order valence-corrected chi connectivity index (χ2v) is 5.03. The van der Waals surface area contributed by atoms with Gasteiger partial charge < -0.3 is 10.1 Å². The maximum atomic E-state index is 12.4. The van der Waals surface area contributed by atoms with Crippen molar-refractivity contribution in [2.45, 2.75) is 27.0 Å². The highest BCUT2D eigenvalue weighted by Gasteiger charge is 2.19. The molecule has 6 heteroatoms. The lowest BCUT2D eigenvalue weighted by atomic mass is 10.2. The van der Waals surface area contributed by atoms with E-state index < -0.39 is 0 Å². The summed E-state index contributed by atoms with van der Waals surface area (Å²) in [5, 5.41) is 7.48. The number of methoxy groups -OCH3 is 1. The van der Waals surface area contributed by atoms with Crippen LogP contribution in [0, 0.1) is 6.92 Å². The van der Waals surface area contributed by atoms with E-state index in [1.54, 1.807) is 18.7 Å². The number of ether oxygens (including phenoxy) is 1. The molecular weight excluding hydrogens is 290 g/mol. The summed E-state index contributed by atoms with van der Waals surface area (Å²) in [5.74, 6) is -0.267. The normalized spacial score (nSPS) is 10.7. The van der Waals surface area contributed by atoms with Crippen molar-refractivity contribution in [1.82, 2.24) is 9.78 Å². The van der Waals surface area contributed by atoms with E-state index in [2.05, 4.69) is 10.4 Å². The third-order valence-electron chi connectivity index (χ3n) is 3.06. The predicted molar refractivity (Wildman–Crippen MR) is 82.8 cm³/mol. The van der Waals surface area contributed by atoms with E-state index in [-0.39, 0.29) is 5.91 Å². The molecule has 0 saturated carbocycles. The Morgan fingerprint density at radius 2 is 2.24 bits per heavy atom. The van der Waals surface area contributed by atoms with Crippen LogP contribution in [0.25, 0.3) is 0 Å². The molecule has 0 saturated heterocycles. The fourth-order valence-electron chi connectivity index (χ4n) is 2.10. The molecule has 1 aromatic carbocycles. The van der Waals surface area contributed by atoms with Gasteiger partial charge in [-0.2, -0.15) is 5.10 Å². The Morgan fingerprint density at radius 3 is 2.90 bits per heavy atom. The number of halogens is 1. The molecule has 0 aliphatic carbocycles. The van der Waals surface area contributed by atoms with Crippen molar-refractivity contribution in [3.05, 3.63) is 46.2 Å². The zero-order valence-electron chi connectivity index (χ0n) is 12.3. The summed E-state index contributed by atoms with van der Waals surface area (Å²) in [6, 6.07) is 7.50. The molecule has 0 radical (unpaired) electrons. The smallest absolute Gasteiger partial charge is 0.275 e. The average Bonchev–Trinajstić information content (AvgIpc) is 2.75. The third kappa shape index (κ3) is 3.43. The maximum Gasteiger partial charge on any atom is 0.275 e. The van der Waals surface area contributed by atoms with E-state index in [4.69, 9.17) is 16.3 Å². The first-order valence-corrected chi connectivity index (χ1v) is 7.06. The van der Waals surface area contributed by atoms with Crippen molar-refractivity contribution in [3.63, 3.8) is 0 Å². The highest BCUT2D eigenvalue weighted by molar-refractivity contribution is 6.34. The molecular formula is C15H18ClN3O2. The summed E-state index contributed by atoms with van der Waals surface area (Å²) in [7, 11) is 1.63. The Hall–Kier alpha value is -1.85. The van der Waals surface area contributed by atoms with Crippen molar-refractivity contribution in [1.29, 1.82) is 0 Å². The van der Waals surface area contributed by atoms with Crippen molar-refractivity contribution in [2.75, 3.05) is 12.4 Å². The van der Waals surface area contributed by atoms with Gasteiger partial charge in [-0.3, -0.25) is 9.48 Å². The first-order chi connectivity index (χ1) is 10.1. The van der Waals surface area contributed by atoms with E-state index in [1.165, 1.54) is 0 Å². The highest BCUT2D eigenvalue weighted by atomic mass is 35.5. The lowest BCUT2D eigenvalue weighted by Gasteiger charge is -2.08. The van der Waals surface area contributed by atoms with Gasteiger partial charge >= 0.3 is 0 Å². The second kappa shape index (κ2) is 6.74. The van der Waals surface area contributed by atoms with E-state index in [0.29, 0.717) is 35.2 Å². The number of nitrogens with zero attached hydrogens (tertiary/aromatic N) is 2. The molecule has 1 N–H and O–H groups in total. The monoisotopic (exact) mass is 307 g/mol. The van der Waals surface area contributed by atoms with Crippen LogP contribution in [0.3, 0.4) is 0 Å². The number of amides is 1. The lowest BCUT2D eigenvalue weighted by Crippen LogP contribution is -2.18. The number of hydrogen-bond donors (Lipinski definition) is 1. The van der Waals surface area contributed by atoms with Crippen LogP contribution in [0.5, 0.6) is 0 Å². The van der Waals surface area contributed by atoms with Crippen molar-refractivity contribution < 1.29 is 9.53 Å². The largest absolute Gasteiger partial charge is 0.380 e. The molecule has 1 heterocycles. The standard InChI is InChI=1S/C15H18ClN3O2/c1-4-19-14(13(16)10(2)18-19)15(20)17-12-7-5-6-11(8-12)9-21-3/h5-8H,4,9H2,1-3H3,(H,17,20). The molecule has 0 fully saturated rings. The number of benzene rings is 1. The average molecular weight is 308 g/mol. The SMILES string of the molecule is CCn1nc(C)c(Cl)c1C(=O)Nc1cccc(COC)c1. The summed E-state index contributed by atoms with van der Waals surface area (Å²) in [6.45, 7) is 4.78. The topological polar surface area (TPSA) is 56.2 Å². The Kier molecular flexibility index (Phi) is 4.98. The van der Waals surface area contributed by atoms with Crippen molar-refractivity contribution in [2.24, 2.45) is 0 Å². The van der Waals surface area contributed by atoms with Crippen molar-refractivity contribution in [3.8, 4) is 0 Å². The van der Waals surface area contributed by atoms with Gasteiger partial charge in [0.15, 0.2) is 0 Å². The molecule has 1 aromatic heterocycles. The van der Waals surface area contributed by atoms with E-state index >= 15 is 0 Å². The van der Waals surface area contributed by atoms with Crippen LogP contribution in [-0.2, 0) is 17.9 Å². The van der Waals surface area contributed by atoms with Gasteiger partial charge in [-0.15, -0.1) is 0 Å². The van der Waals surface area contributed by atoms with E-state index in [9.17, 15) is 4.79 Å². The quantitative estimate of drug-likeness (QED) is 0.922. The molecule has 0 bridgehead atoms. The molecule has 112 valence electrons. The number of hydrogen-bond acceptors (Lipinski definition) is 3. The number of carbonyl (C=O) groups excluding carboxylic acids is 1. The fraction of sp³-hybridized carbons (Fsp3) is 0.333. The van der Waals surface area contributed by atoms with E-state index in [1.807, 2.05) is 31.2 Å². The summed E-state index contributed by atoms with van der Waals surface area (Å²) >= 11 is 6.17. The predicted octanol–water partition coefficient (Wildman–Crippen LogP) is 3.26. The van der Waals surface area contributed by atoms with Gasteiger partial charge in [0.25, 0.3) is 5.91 Å². The van der Waals surface area contributed by atoms with Crippen molar-refractivity contribution >= 4 is 23.2 Å². The number of aromatic nitrogens is 2. The van der Waals surface area contributed by atoms with Crippen LogP contribution in [0.2, 0.25) is 5.02 Å². The van der Waals surface area contributed by atoms with Crippen LogP contribution < -0.4 is 5.32 Å². The highest BCUT2D eigenvalue weighted by Crippen LogP contribution is 2.22. The Bertz CT molecular complexity index is 652. The van der Waals surface area contributed by atoms with E-state index in [0.717, 1.165) is 5.56 Å². The van der Waals surface area contributed by atoms with Crippen LogP contribution in [-0.4, -0.2) is 22.8 Å². The number of aryl methyl sites for hydroxylation is 2. The Morgan fingerprint density at radius 1 is 1.48 bits per heavy atom. The number of anilines is 1. The van der Waals surface area contributed by atoms with Gasteiger partial charge in [0.05, 0.1) is 17.3 Å². The fourth-order valence-corrected chi connectivity index (χ4v) is 2.32. The van der Waals surface area contributed by atoms with Gasteiger partial charge in [0.2, 0.25) is 0 Å². The van der Waals surface area contributed by atoms with Gasteiger partial charge in [0, 0.05) is 19.3 Å². The minimum atomic E-state index is -0.267.